The molecule has 0 radical (unpaired) electrons. The molecule has 2 unspecified atom stereocenters. The fourth-order valence-electron chi connectivity index (χ4n) is 3.97. The molecule has 2 nitrogen and oxygen atoms in total. The van der Waals surface area contributed by atoms with Crippen molar-refractivity contribution in [1.82, 2.24) is 4.90 Å². The Labute approximate surface area is 123 Å². The van der Waals surface area contributed by atoms with Gasteiger partial charge in [-0.05, 0) is 61.6 Å². The molecule has 2 aliphatic carbocycles. The quantitative estimate of drug-likeness (QED) is 0.838. The number of hydrogen-bond donors (Lipinski definition) is 1. The maximum atomic E-state index is 5.80. The molecule has 0 amide bonds. The van der Waals surface area contributed by atoms with E-state index >= 15 is 0 Å². The van der Waals surface area contributed by atoms with E-state index in [2.05, 4.69) is 30.9 Å². The molecule has 0 bridgehead atoms. The van der Waals surface area contributed by atoms with Crippen LogP contribution in [-0.2, 0) is 6.54 Å². The predicted octanol–water partition coefficient (Wildman–Crippen LogP) is 4.06. The fraction of sp³-hybridized carbons (Fsp3) is 0.667. The minimum absolute atomic E-state index is 0.791. The van der Waals surface area contributed by atoms with Crippen molar-refractivity contribution in [3.05, 3.63) is 29.8 Å². The summed E-state index contributed by atoms with van der Waals surface area (Å²) in [6, 6.07) is 10.1. The molecule has 0 heterocycles. The minimum atomic E-state index is 0.791. The topological polar surface area (TPSA) is 29.3 Å². The maximum absolute atomic E-state index is 5.80. The molecular weight excluding hydrogens is 244 g/mol. The monoisotopic (exact) mass is 272 g/mol. The van der Waals surface area contributed by atoms with Crippen LogP contribution in [0.15, 0.2) is 24.3 Å². The molecule has 1 aromatic rings. The number of nitrogens with zero attached hydrogens (tertiary/aromatic N) is 1. The second kappa shape index (κ2) is 5.77. The highest BCUT2D eigenvalue weighted by atomic mass is 15.2. The number of anilines is 1. The molecule has 2 N–H and O–H groups in total. The highest BCUT2D eigenvalue weighted by Crippen LogP contribution is 2.38. The van der Waals surface area contributed by atoms with Gasteiger partial charge in [-0.15, -0.1) is 0 Å². The zero-order valence-electron chi connectivity index (χ0n) is 12.9. The lowest BCUT2D eigenvalue weighted by molar-refractivity contribution is 0.0958. The van der Waals surface area contributed by atoms with Crippen LogP contribution in [0, 0.1) is 11.8 Å². The number of rotatable bonds is 4. The number of nitrogens with two attached hydrogens (primary N) is 1. The summed E-state index contributed by atoms with van der Waals surface area (Å²) < 4.78 is 0. The van der Waals surface area contributed by atoms with Gasteiger partial charge in [-0.1, -0.05) is 26.0 Å². The van der Waals surface area contributed by atoms with Gasteiger partial charge in [0.15, 0.2) is 0 Å². The van der Waals surface area contributed by atoms with Gasteiger partial charge in [0.25, 0.3) is 0 Å². The van der Waals surface area contributed by atoms with E-state index in [1.54, 1.807) is 0 Å². The number of benzene rings is 1. The Morgan fingerprint density at radius 3 is 2.10 bits per heavy atom. The summed E-state index contributed by atoms with van der Waals surface area (Å²) in [4.78, 5) is 2.79. The average molecular weight is 272 g/mol. The third-order valence-electron chi connectivity index (χ3n) is 4.98. The summed E-state index contributed by atoms with van der Waals surface area (Å²) in [6.45, 7) is 5.96. The summed E-state index contributed by atoms with van der Waals surface area (Å²) in [7, 11) is 0. The second-order valence-corrected chi connectivity index (χ2v) is 7.22. The lowest BCUT2D eigenvalue weighted by Gasteiger charge is -2.39. The molecule has 0 aromatic heterocycles. The summed E-state index contributed by atoms with van der Waals surface area (Å²) in [5.74, 6) is 1.77. The van der Waals surface area contributed by atoms with Gasteiger partial charge in [0, 0.05) is 24.3 Å². The highest BCUT2D eigenvalue weighted by Gasteiger charge is 2.36. The normalized spacial score (nSPS) is 30.6. The van der Waals surface area contributed by atoms with Gasteiger partial charge in [-0.25, -0.2) is 0 Å². The lowest BCUT2D eigenvalue weighted by Crippen LogP contribution is -2.41. The molecule has 0 spiro atoms. The van der Waals surface area contributed by atoms with E-state index in [0.29, 0.717) is 0 Å². The van der Waals surface area contributed by atoms with Gasteiger partial charge in [0.1, 0.15) is 0 Å². The zero-order valence-corrected chi connectivity index (χ0v) is 12.9. The van der Waals surface area contributed by atoms with Crippen LogP contribution in [-0.4, -0.2) is 17.0 Å². The van der Waals surface area contributed by atoms with E-state index in [0.717, 1.165) is 36.2 Å². The van der Waals surface area contributed by atoms with E-state index in [9.17, 15) is 0 Å². The van der Waals surface area contributed by atoms with Crippen LogP contribution in [0.5, 0.6) is 0 Å². The van der Waals surface area contributed by atoms with Crippen LogP contribution in [0.25, 0.3) is 0 Å². The van der Waals surface area contributed by atoms with Crippen molar-refractivity contribution in [3.8, 4) is 0 Å². The molecule has 1 aromatic carbocycles. The second-order valence-electron chi connectivity index (χ2n) is 7.22. The van der Waals surface area contributed by atoms with Crippen molar-refractivity contribution in [2.45, 2.75) is 64.6 Å². The SMILES string of the molecule is CC1CC(C)CC(N(Cc2ccc(N)cc2)C2CC2)C1. The molecule has 2 atom stereocenters. The average Bonchev–Trinajstić information content (AvgIpc) is 3.21. The summed E-state index contributed by atoms with van der Waals surface area (Å²) in [5, 5.41) is 0. The smallest absolute Gasteiger partial charge is 0.0314 e. The molecule has 110 valence electrons. The summed E-state index contributed by atoms with van der Waals surface area (Å²) >= 11 is 0. The minimum Gasteiger partial charge on any atom is -0.399 e. The molecular formula is C18H28N2. The van der Waals surface area contributed by atoms with Crippen LogP contribution in [0.2, 0.25) is 0 Å². The van der Waals surface area contributed by atoms with Crippen molar-refractivity contribution in [2.24, 2.45) is 11.8 Å². The summed E-state index contributed by atoms with van der Waals surface area (Å²) in [6.07, 6.45) is 6.98. The standard InChI is InChI=1S/C18H28N2/c1-13-9-14(2)11-18(10-13)20(17-7-8-17)12-15-3-5-16(19)6-4-15/h3-6,13-14,17-18H,7-12,19H2,1-2H3. The van der Waals surface area contributed by atoms with Crippen molar-refractivity contribution in [1.29, 1.82) is 0 Å². The van der Waals surface area contributed by atoms with E-state index in [1.807, 2.05) is 12.1 Å². The van der Waals surface area contributed by atoms with Gasteiger partial charge >= 0.3 is 0 Å². The van der Waals surface area contributed by atoms with Crippen LogP contribution < -0.4 is 5.73 Å². The number of nitrogen functional groups attached to an aromatic ring is 1. The highest BCUT2D eigenvalue weighted by molar-refractivity contribution is 5.39. The van der Waals surface area contributed by atoms with E-state index < -0.39 is 0 Å². The van der Waals surface area contributed by atoms with Crippen LogP contribution in [0.4, 0.5) is 5.69 Å². The largest absolute Gasteiger partial charge is 0.399 e. The Balaban J connectivity index is 1.70. The first-order valence-electron chi connectivity index (χ1n) is 8.22. The van der Waals surface area contributed by atoms with Gasteiger partial charge in [-0.2, -0.15) is 0 Å². The van der Waals surface area contributed by atoms with Crippen molar-refractivity contribution in [2.75, 3.05) is 5.73 Å². The Kier molecular flexibility index (Phi) is 4.02. The fourth-order valence-corrected chi connectivity index (χ4v) is 3.97. The number of hydrogen-bond acceptors (Lipinski definition) is 2. The van der Waals surface area contributed by atoms with Gasteiger partial charge in [0.05, 0.1) is 0 Å². The Morgan fingerprint density at radius 2 is 1.55 bits per heavy atom. The van der Waals surface area contributed by atoms with E-state index in [1.165, 1.54) is 37.7 Å². The zero-order chi connectivity index (χ0) is 14.1. The van der Waals surface area contributed by atoms with Crippen LogP contribution in [0.3, 0.4) is 0 Å². The maximum Gasteiger partial charge on any atom is 0.0314 e. The van der Waals surface area contributed by atoms with Crippen molar-refractivity contribution in [3.63, 3.8) is 0 Å². The van der Waals surface area contributed by atoms with Crippen LogP contribution in [0.1, 0.15) is 51.5 Å². The molecule has 3 rings (SSSR count). The predicted molar refractivity (Wildman–Crippen MR) is 85.4 cm³/mol. The third-order valence-corrected chi connectivity index (χ3v) is 4.98. The Hall–Kier alpha value is -1.02. The molecule has 0 aliphatic heterocycles. The first-order valence-corrected chi connectivity index (χ1v) is 8.22. The van der Waals surface area contributed by atoms with Crippen LogP contribution >= 0.6 is 0 Å². The molecule has 20 heavy (non-hydrogen) atoms. The molecule has 2 heteroatoms. The Bertz CT molecular complexity index is 425. The van der Waals surface area contributed by atoms with Gasteiger partial charge in [0.2, 0.25) is 0 Å². The van der Waals surface area contributed by atoms with Crippen molar-refractivity contribution < 1.29 is 0 Å². The molecule has 0 saturated heterocycles. The third kappa shape index (κ3) is 3.35. The lowest BCUT2D eigenvalue weighted by atomic mass is 9.79. The van der Waals surface area contributed by atoms with Crippen molar-refractivity contribution >= 4 is 5.69 Å². The van der Waals surface area contributed by atoms with Gasteiger partial charge in [-0.3, -0.25) is 4.90 Å². The van der Waals surface area contributed by atoms with E-state index in [-0.39, 0.29) is 0 Å². The van der Waals surface area contributed by atoms with E-state index in [4.69, 9.17) is 5.73 Å². The first-order chi connectivity index (χ1) is 9.61. The Morgan fingerprint density at radius 1 is 0.950 bits per heavy atom. The first kappa shape index (κ1) is 13.9. The molecule has 2 fully saturated rings. The molecule has 2 saturated carbocycles. The summed E-state index contributed by atoms with van der Waals surface area (Å²) in [5.41, 5.74) is 8.08. The molecule has 2 aliphatic rings. The van der Waals surface area contributed by atoms with Gasteiger partial charge < -0.3 is 5.73 Å².